The zero-order valence-electron chi connectivity index (χ0n) is 11.6. The molecule has 21 heavy (non-hydrogen) atoms. The van der Waals surface area contributed by atoms with Gasteiger partial charge in [0.25, 0.3) is 0 Å². The number of amides is 1. The second kappa shape index (κ2) is 5.07. The Morgan fingerprint density at radius 3 is 3.05 bits per heavy atom. The summed E-state index contributed by atoms with van der Waals surface area (Å²) >= 11 is 0. The Kier molecular flexibility index (Phi) is 3.07. The Bertz CT molecular complexity index is 565. The zero-order valence-corrected chi connectivity index (χ0v) is 11.6. The summed E-state index contributed by atoms with van der Waals surface area (Å²) in [5.74, 6) is 2.15. The van der Waals surface area contributed by atoms with Crippen LogP contribution in [-0.4, -0.2) is 50.0 Å². The molecule has 1 amide bonds. The number of carbonyl (C=O) groups excluding carboxylic acids is 1. The summed E-state index contributed by atoms with van der Waals surface area (Å²) in [5, 5.41) is 3.25. The molecular formula is C14H17N3O4. The van der Waals surface area contributed by atoms with Crippen LogP contribution in [0, 0.1) is 5.92 Å². The van der Waals surface area contributed by atoms with E-state index in [1.807, 2.05) is 0 Å². The predicted molar refractivity (Wildman–Crippen MR) is 73.8 cm³/mol. The molecule has 2 atom stereocenters. The molecule has 2 saturated heterocycles. The molecule has 0 spiro atoms. The fourth-order valence-electron chi connectivity index (χ4n) is 3.01. The molecule has 0 aliphatic carbocycles. The first kappa shape index (κ1) is 12.7. The molecular weight excluding hydrogens is 274 g/mol. The summed E-state index contributed by atoms with van der Waals surface area (Å²) in [4.78, 5) is 18.1. The molecule has 0 saturated carbocycles. The zero-order chi connectivity index (χ0) is 14.2. The first-order chi connectivity index (χ1) is 10.3. The van der Waals surface area contributed by atoms with Gasteiger partial charge in [-0.3, -0.25) is 4.90 Å². The lowest BCUT2D eigenvalue weighted by Gasteiger charge is -2.40. The van der Waals surface area contributed by atoms with Crippen LogP contribution in [-0.2, 0) is 4.74 Å². The van der Waals surface area contributed by atoms with E-state index in [0.717, 1.165) is 19.5 Å². The summed E-state index contributed by atoms with van der Waals surface area (Å²) in [6, 6.07) is 1.75. The number of hydrogen-bond acceptors (Lipinski definition) is 6. The number of nitrogens with zero attached hydrogens (tertiary/aromatic N) is 2. The predicted octanol–water partition coefficient (Wildman–Crippen LogP) is 0.787. The number of nitrogens with one attached hydrogen (secondary N) is 1. The second-order valence-corrected chi connectivity index (χ2v) is 5.47. The van der Waals surface area contributed by atoms with E-state index in [2.05, 4.69) is 10.3 Å². The molecule has 1 aromatic rings. The third kappa shape index (κ3) is 2.27. The van der Waals surface area contributed by atoms with Gasteiger partial charge in [0.05, 0.1) is 6.20 Å². The number of ether oxygens (including phenoxy) is 3. The van der Waals surface area contributed by atoms with Crippen LogP contribution < -0.4 is 19.7 Å². The van der Waals surface area contributed by atoms with Gasteiger partial charge in [0.1, 0.15) is 25.1 Å². The van der Waals surface area contributed by atoms with Crippen molar-refractivity contribution in [3.8, 4) is 11.5 Å². The van der Waals surface area contributed by atoms with E-state index < -0.39 is 0 Å². The van der Waals surface area contributed by atoms with Crippen LogP contribution >= 0.6 is 0 Å². The minimum atomic E-state index is -0.343. The van der Waals surface area contributed by atoms with Crippen LogP contribution in [0.4, 0.5) is 10.6 Å². The topological polar surface area (TPSA) is 72.9 Å². The monoisotopic (exact) mass is 291 g/mol. The minimum Gasteiger partial charge on any atom is -0.486 e. The first-order valence-corrected chi connectivity index (χ1v) is 7.26. The van der Waals surface area contributed by atoms with E-state index in [1.54, 1.807) is 17.2 Å². The van der Waals surface area contributed by atoms with Crippen LogP contribution in [0.1, 0.15) is 6.42 Å². The average molecular weight is 291 g/mol. The Balaban J connectivity index is 1.59. The summed E-state index contributed by atoms with van der Waals surface area (Å²) < 4.78 is 16.5. The van der Waals surface area contributed by atoms with Gasteiger partial charge < -0.3 is 19.5 Å². The van der Waals surface area contributed by atoms with Crippen LogP contribution in [0.3, 0.4) is 0 Å². The summed E-state index contributed by atoms with van der Waals surface area (Å²) in [6.07, 6.45) is 2.23. The third-order valence-corrected chi connectivity index (χ3v) is 4.15. The Hall–Kier alpha value is -2.02. The Labute approximate surface area is 122 Å². The lowest BCUT2D eigenvalue weighted by Crippen LogP contribution is -2.55. The van der Waals surface area contributed by atoms with E-state index in [-0.39, 0.29) is 12.2 Å². The molecule has 0 radical (unpaired) electrons. The van der Waals surface area contributed by atoms with Crippen LogP contribution in [0.5, 0.6) is 11.5 Å². The molecule has 4 heterocycles. The highest BCUT2D eigenvalue weighted by Gasteiger charge is 2.38. The van der Waals surface area contributed by atoms with Gasteiger partial charge in [-0.25, -0.2) is 9.78 Å². The van der Waals surface area contributed by atoms with E-state index in [1.165, 1.54) is 0 Å². The number of carbonyl (C=O) groups is 1. The molecule has 0 bridgehead atoms. The molecule has 2 unspecified atom stereocenters. The molecule has 3 aliphatic rings. The maximum atomic E-state index is 12.2. The van der Waals surface area contributed by atoms with Gasteiger partial charge in [0.2, 0.25) is 0 Å². The number of piperidine rings is 1. The van der Waals surface area contributed by atoms with Gasteiger partial charge in [-0.05, 0) is 13.0 Å². The summed E-state index contributed by atoms with van der Waals surface area (Å²) in [7, 11) is 0. The molecule has 4 rings (SSSR count). The highest BCUT2D eigenvalue weighted by Crippen LogP contribution is 2.34. The van der Waals surface area contributed by atoms with Crippen molar-refractivity contribution in [3.05, 3.63) is 12.3 Å². The lowest BCUT2D eigenvalue weighted by molar-refractivity contribution is 0.0327. The van der Waals surface area contributed by atoms with Gasteiger partial charge in [-0.15, -0.1) is 0 Å². The van der Waals surface area contributed by atoms with Gasteiger partial charge in [-0.1, -0.05) is 0 Å². The van der Waals surface area contributed by atoms with Gasteiger partial charge in [0.15, 0.2) is 11.5 Å². The van der Waals surface area contributed by atoms with Crippen LogP contribution in [0.2, 0.25) is 0 Å². The van der Waals surface area contributed by atoms with E-state index in [9.17, 15) is 4.79 Å². The number of pyridine rings is 1. The Morgan fingerprint density at radius 2 is 2.14 bits per heavy atom. The van der Waals surface area contributed by atoms with E-state index in [0.29, 0.717) is 43.0 Å². The molecule has 7 heteroatoms. The maximum absolute atomic E-state index is 12.2. The highest BCUT2D eigenvalue weighted by molar-refractivity contribution is 5.87. The molecule has 1 N–H and O–H groups in total. The molecule has 2 fully saturated rings. The third-order valence-electron chi connectivity index (χ3n) is 4.15. The largest absolute Gasteiger partial charge is 0.486 e. The fraction of sp³-hybridized carbons (Fsp3) is 0.571. The number of fused-ring (bicyclic) bond motifs is 2. The Morgan fingerprint density at radius 1 is 1.29 bits per heavy atom. The van der Waals surface area contributed by atoms with Crippen molar-refractivity contribution in [2.45, 2.75) is 12.5 Å². The molecule has 3 aliphatic heterocycles. The molecule has 1 aromatic heterocycles. The van der Waals surface area contributed by atoms with E-state index >= 15 is 0 Å². The van der Waals surface area contributed by atoms with Crippen molar-refractivity contribution >= 4 is 11.9 Å². The lowest BCUT2D eigenvalue weighted by atomic mass is 9.93. The SMILES string of the molecule is O=C1OC2CNCCC2CN1c1cc2c(cn1)OCCO2. The van der Waals surface area contributed by atoms with Crippen molar-refractivity contribution in [2.24, 2.45) is 5.92 Å². The van der Waals surface area contributed by atoms with Crippen molar-refractivity contribution in [3.63, 3.8) is 0 Å². The summed E-state index contributed by atoms with van der Waals surface area (Å²) in [6.45, 7) is 3.37. The molecule has 7 nitrogen and oxygen atoms in total. The molecule has 112 valence electrons. The van der Waals surface area contributed by atoms with E-state index in [4.69, 9.17) is 14.2 Å². The van der Waals surface area contributed by atoms with Crippen LogP contribution in [0.25, 0.3) is 0 Å². The van der Waals surface area contributed by atoms with Gasteiger partial charge in [-0.2, -0.15) is 0 Å². The van der Waals surface area contributed by atoms with Gasteiger partial charge in [0, 0.05) is 25.1 Å². The fourth-order valence-corrected chi connectivity index (χ4v) is 3.01. The smallest absolute Gasteiger partial charge is 0.415 e. The summed E-state index contributed by atoms with van der Waals surface area (Å²) in [5.41, 5.74) is 0. The normalized spacial score (nSPS) is 27.8. The maximum Gasteiger partial charge on any atom is 0.415 e. The quantitative estimate of drug-likeness (QED) is 0.824. The molecule has 0 aromatic carbocycles. The highest BCUT2D eigenvalue weighted by atomic mass is 16.6. The number of rotatable bonds is 1. The van der Waals surface area contributed by atoms with Crippen molar-refractivity contribution in [2.75, 3.05) is 37.7 Å². The number of aromatic nitrogens is 1. The standard InChI is InChI=1S/C14H17N3O4/c18-14-17(8-9-1-2-15-6-11(9)21-14)13-5-10-12(7-16-13)20-4-3-19-10/h5,7,9,11,15H,1-4,6,8H2. The number of anilines is 1. The van der Waals surface area contributed by atoms with Crippen LogP contribution in [0.15, 0.2) is 12.3 Å². The van der Waals surface area contributed by atoms with Crippen molar-refractivity contribution in [1.29, 1.82) is 0 Å². The van der Waals surface area contributed by atoms with Gasteiger partial charge >= 0.3 is 6.09 Å². The second-order valence-electron chi connectivity index (χ2n) is 5.47. The van der Waals surface area contributed by atoms with Crippen molar-refractivity contribution < 1.29 is 19.0 Å². The average Bonchev–Trinajstić information content (AvgIpc) is 2.54. The number of hydrogen-bond donors (Lipinski definition) is 1. The first-order valence-electron chi connectivity index (χ1n) is 7.26. The minimum absolute atomic E-state index is 0.0280. The van der Waals surface area contributed by atoms with Crippen molar-refractivity contribution in [1.82, 2.24) is 10.3 Å².